The highest BCUT2D eigenvalue weighted by Crippen LogP contribution is 2.42. The monoisotopic (exact) mass is 275 g/mol. The summed E-state index contributed by atoms with van der Waals surface area (Å²) in [6, 6.07) is 8.61. The Morgan fingerprint density at radius 1 is 1.25 bits per heavy atom. The molecule has 0 aliphatic carbocycles. The molecule has 3 rings (SSSR count). The molecule has 0 spiro atoms. The van der Waals surface area contributed by atoms with Gasteiger partial charge in [-0.3, -0.25) is 0 Å². The molecule has 1 aromatic carbocycles. The van der Waals surface area contributed by atoms with E-state index in [1.807, 2.05) is 6.07 Å². The van der Waals surface area contributed by atoms with E-state index in [1.165, 1.54) is 24.8 Å². The molecule has 1 saturated heterocycles. The van der Waals surface area contributed by atoms with Gasteiger partial charge in [-0.05, 0) is 52.1 Å². The first-order valence-electron chi connectivity index (χ1n) is 7.80. The van der Waals surface area contributed by atoms with Gasteiger partial charge in [0.2, 0.25) is 0 Å². The van der Waals surface area contributed by atoms with Crippen molar-refractivity contribution >= 4 is 0 Å². The zero-order chi connectivity index (χ0) is 14.0. The van der Waals surface area contributed by atoms with E-state index in [0.29, 0.717) is 6.10 Å². The maximum absolute atomic E-state index is 6.06. The van der Waals surface area contributed by atoms with E-state index in [0.717, 1.165) is 25.3 Å². The Hall–Kier alpha value is -1.06. The number of hydrogen-bond donors (Lipinski definition) is 1. The van der Waals surface area contributed by atoms with Crippen LogP contribution in [0.25, 0.3) is 0 Å². The summed E-state index contributed by atoms with van der Waals surface area (Å²) in [5.41, 5.74) is 1.10. The van der Waals surface area contributed by atoms with Crippen LogP contribution in [0, 0.1) is 0 Å². The summed E-state index contributed by atoms with van der Waals surface area (Å²) in [6.07, 6.45) is 5.28. The van der Waals surface area contributed by atoms with Crippen molar-refractivity contribution in [1.82, 2.24) is 5.32 Å². The van der Waals surface area contributed by atoms with Crippen molar-refractivity contribution in [2.75, 3.05) is 13.2 Å². The van der Waals surface area contributed by atoms with Crippen LogP contribution in [0.5, 0.6) is 5.75 Å². The summed E-state index contributed by atoms with van der Waals surface area (Å²) in [5.74, 6) is 1.02. The molecule has 2 aliphatic heterocycles. The van der Waals surface area contributed by atoms with E-state index < -0.39 is 0 Å². The molecule has 20 heavy (non-hydrogen) atoms. The van der Waals surface area contributed by atoms with Gasteiger partial charge in [0.1, 0.15) is 11.4 Å². The number of hydrogen-bond acceptors (Lipinski definition) is 3. The minimum atomic E-state index is -0.183. The summed E-state index contributed by atoms with van der Waals surface area (Å²) in [7, 11) is 0. The largest absolute Gasteiger partial charge is 0.486 e. The standard InChI is InChI=1S/C17H25NO2/c1-17(2)16(14-8-3-4-9-15(14)20-17)18-11-10-13-7-5-6-12-19-13/h3-4,8-9,13,16,18H,5-7,10-12H2,1-2H3. The van der Waals surface area contributed by atoms with Crippen LogP contribution in [0.4, 0.5) is 0 Å². The predicted molar refractivity (Wildman–Crippen MR) is 80.1 cm³/mol. The van der Waals surface area contributed by atoms with Gasteiger partial charge in [-0.15, -0.1) is 0 Å². The molecule has 3 nitrogen and oxygen atoms in total. The average molecular weight is 275 g/mol. The summed E-state index contributed by atoms with van der Waals surface area (Å²) in [5, 5.41) is 3.67. The highest BCUT2D eigenvalue weighted by Gasteiger charge is 2.40. The molecule has 0 bridgehead atoms. The SMILES string of the molecule is CC1(C)Oc2ccccc2C1NCCC1CCCCO1. The van der Waals surface area contributed by atoms with Gasteiger partial charge in [0, 0.05) is 12.2 Å². The third-order valence-corrected chi connectivity index (χ3v) is 4.39. The smallest absolute Gasteiger partial charge is 0.125 e. The molecule has 2 aliphatic rings. The predicted octanol–water partition coefficient (Wildman–Crippen LogP) is 3.45. The number of fused-ring (bicyclic) bond motifs is 1. The molecule has 0 radical (unpaired) electrons. The Morgan fingerprint density at radius 2 is 2.10 bits per heavy atom. The van der Waals surface area contributed by atoms with Crippen LogP contribution in [-0.4, -0.2) is 24.9 Å². The topological polar surface area (TPSA) is 30.5 Å². The lowest BCUT2D eigenvalue weighted by Gasteiger charge is -2.29. The number of rotatable bonds is 4. The number of benzene rings is 1. The maximum Gasteiger partial charge on any atom is 0.125 e. The van der Waals surface area contributed by atoms with Crippen molar-refractivity contribution in [1.29, 1.82) is 0 Å². The van der Waals surface area contributed by atoms with Crippen LogP contribution in [-0.2, 0) is 4.74 Å². The molecular formula is C17H25NO2. The molecule has 3 heteroatoms. The van der Waals surface area contributed by atoms with Gasteiger partial charge in [0.15, 0.2) is 0 Å². The molecule has 2 heterocycles. The van der Waals surface area contributed by atoms with Crippen LogP contribution in [0.1, 0.15) is 51.1 Å². The summed E-state index contributed by atoms with van der Waals surface area (Å²) < 4.78 is 11.8. The van der Waals surface area contributed by atoms with Crippen molar-refractivity contribution in [2.24, 2.45) is 0 Å². The van der Waals surface area contributed by atoms with E-state index in [2.05, 4.69) is 37.4 Å². The van der Waals surface area contributed by atoms with Gasteiger partial charge in [-0.2, -0.15) is 0 Å². The van der Waals surface area contributed by atoms with Crippen LogP contribution >= 0.6 is 0 Å². The molecule has 1 N–H and O–H groups in total. The van der Waals surface area contributed by atoms with Crippen molar-refractivity contribution in [3.8, 4) is 5.75 Å². The molecule has 1 aromatic rings. The molecule has 0 amide bonds. The van der Waals surface area contributed by atoms with Crippen molar-refractivity contribution < 1.29 is 9.47 Å². The first-order valence-corrected chi connectivity index (χ1v) is 7.80. The lowest BCUT2D eigenvalue weighted by Crippen LogP contribution is -2.40. The summed E-state index contributed by atoms with van der Waals surface area (Å²) in [4.78, 5) is 0. The summed E-state index contributed by atoms with van der Waals surface area (Å²) >= 11 is 0. The van der Waals surface area contributed by atoms with E-state index in [4.69, 9.17) is 9.47 Å². The van der Waals surface area contributed by atoms with E-state index in [-0.39, 0.29) is 11.6 Å². The molecule has 0 saturated carbocycles. The average Bonchev–Trinajstić information content (AvgIpc) is 2.71. The zero-order valence-electron chi connectivity index (χ0n) is 12.5. The fourth-order valence-electron chi connectivity index (χ4n) is 3.31. The van der Waals surface area contributed by atoms with Gasteiger partial charge in [0.05, 0.1) is 12.1 Å². The molecule has 1 fully saturated rings. The lowest BCUT2D eigenvalue weighted by atomic mass is 9.94. The highest BCUT2D eigenvalue weighted by molar-refractivity contribution is 5.42. The van der Waals surface area contributed by atoms with Gasteiger partial charge < -0.3 is 14.8 Å². The van der Waals surface area contributed by atoms with Crippen molar-refractivity contribution in [3.63, 3.8) is 0 Å². The van der Waals surface area contributed by atoms with Gasteiger partial charge >= 0.3 is 0 Å². The minimum Gasteiger partial charge on any atom is -0.486 e. The third-order valence-electron chi connectivity index (χ3n) is 4.39. The fraction of sp³-hybridized carbons (Fsp3) is 0.647. The van der Waals surface area contributed by atoms with Crippen LogP contribution in [0.2, 0.25) is 0 Å². The van der Waals surface area contributed by atoms with Gasteiger partial charge in [-0.25, -0.2) is 0 Å². The number of ether oxygens (including phenoxy) is 2. The molecular weight excluding hydrogens is 250 g/mol. The number of para-hydroxylation sites is 1. The minimum absolute atomic E-state index is 0.183. The molecule has 2 atom stereocenters. The van der Waals surface area contributed by atoms with E-state index >= 15 is 0 Å². The summed E-state index contributed by atoms with van der Waals surface area (Å²) in [6.45, 7) is 6.23. The maximum atomic E-state index is 6.06. The quantitative estimate of drug-likeness (QED) is 0.913. The van der Waals surface area contributed by atoms with Crippen LogP contribution < -0.4 is 10.1 Å². The Labute approximate surface area is 121 Å². The van der Waals surface area contributed by atoms with Crippen molar-refractivity contribution in [3.05, 3.63) is 29.8 Å². The Balaban J connectivity index is 1.58. The second kappa shape index (κ2) is 5.74. The highest BCUT2D eigenvalue weighted by atomic mass is 16.5. The van der Waals surface area contributed by atoms with E-state index in [9.17, 15) is 0 Å². The van der Waals surface area contributed by atoms with E-state index in [1.54, 1.807) is 0 Å². The fourth-order valence-corrected chi connectivity index (χ4v) is 3.31. The second-order valence-electron chi connectivity index (χ2n) is 6.41. The Morgan fingerprint density at radius 3 is 2.90 bits per heavy atom. The molecule has 110 valence electrons. The molecule has 2 unspecified atom stereocenters. The van der Waals surface area contributed by atoms with Crippen LogP contribution in [0.15, 0.2) is 24.3 Å². The first kappa shape index (κ1) is 13.9. The first-order chi connectivity index (χ1) is 9.67. The Kier molecular flexibility index (Phi) is 3.99. The lowest BCUT2D eigenvalue weighted by molar-refractivity contribution is 0.00961. The normalized spacial score (nSPS) is 27.9. The van der Waals surface area contributed by atoms with Gasteiger partial charge in [-0.1, -0.05) is 18.2 Å². The van der Waals surface area contributed by atoms with Gasteiger partial charge in [0.25, 0.3) is 0 Å². The number of nitrogens with one attached hydrogen (secondary N) is 1. The Bertz CT molecular complexity index is 452. The van der Waals surface area contributed by atoms with Crippen LogP contribution in [0.3, 0.4) is 0 Å². The third kappa shape index (κ3) is 2.84. The second-order valence-corrected chi connectivity index (χ2v) is 6.41. The zero-order valence-corrected chi connectivity index (χ0v) is 12.5. The van der Waals surface area contributed by atoms with Crippen molar-refractivity contribution in [2.45, 2.75) is 57.3 Å². The molecule has 0 aromatic heterocycles.